The Morgan fingerprint density at radius 2 is 1.75 bits per heavy atom. The highest BCUT2D eigenvalue weighted by Gasteiger charge is 2.36. The molecule has 2 aromatic rings. The number of hydrogen-bond donors (Lipinski definition) is 1. The molecule has 2 fully saturated rings. The number of methoxy groups -OCH3 is 2. The maximum Gasteiger partial charge on any atom is 0.212 e. The number of guanidine groups is 1. The van der Waals surface area contributed by atoms with Crippen LogP contribution in [0.15, 0.2) is 47.5 Å². The van der Waals surface area contributed by atoms with E-state index >= 15 is 0 Å². The van der Waals surface area contributed by atoms with Gasteiger partial charge in [-0.25, -0.2) is 0 Å². The van der Waals surface area contributed by atoms with Crippen molar-refractivity contribution < 1.29 is 19.3 Å². The van der Waals surface area contributed by atoms with Crippen LogP contribution in [-0.4, -0.2) is 99.0 Å². The largest absolute Gasteiger partial charge is 0.493 e. The van der Waals surface area contributed by atoms with E-state index in [1.807, 2.05) is 31.4 Å². The number of hydrogen-bond acceptors (Lipinski definition) is 8. The zero-order chi connectivity index (χ0) is 28.5. The third-order valence-corrected chi connectivity index (χ3v) is 7.51. The summed E-state index contributed by atoms with van der Waals surface area (Å²) in [6.07, 6.45) is 3.31. The summed E-state index contributed by atoms with van der Waals surface area (Å²) >= 11 is 0. The predicted octanol–water partition coefficient (Wildman–Crippen LogP) is 2.58. The molecule has 212 valence electrons. The van der Waals surface area contributed by atoms with Gasteiger partial charge in [0.2, 0.25) is 12.2 Å². The van der Waals surface area contributed by atoms with E-state index < -0.39 is 6.10 Å². The van der Waals surface area contributed by atoms with Crippen molar-refractivity contribution in [3.63, 3.8) is 0 Å². The molecule has 2 aromatic carbocycles. The minimum absolute atomic E-state index is 0.202. The summed E-state index contributed by atoms with van der Waals surface area (Å²) in [6, 6.07) is 14.9. The van der Waals surface area contributed by atoms with Crippen molar-refractivity contribution in [1.29, 1.82) is 10.5 Å². The highest BCUT2D eigenvalue weighted by atomic mass is 16.5. The van der Waals surface area contributed by atoms with Crippen LogP contribution in [0, 0.1) is 34.6 Å². The Labute approximate surface area is 236 Å². The molecule has 2 heterocycles. The first-order valence-electron chi connectivity index (χ1n) is 13.6. The van der Waals surface area contributed by atoms with Crippen LogP contribution < -0.4 is 14.2 Å². The van der Waals surface area contributed by atoms with Gasteiger partial charge in [-0.2, -0.15) is 10.5 Å². The zero-order valence-electron chi connectivity index (χ0n) is 23.5. The molecule has 10 heteroatoms. The van der Waals surface area contributed by atoms with Gasteiger partial charge in [0.25, 0.3) is 0 Å². The molecule has 2 saturated heterocycles. The molecule has 0 amide bonds. The molecule has 0 spiro atoms. The van der Waals surface area contributed by atoms with Crippen molar-refractivity contribution in [2.75, 3.05) is 67.1 Å². The fraction of sp³-hybridized carbons (Fsp3) is 0.500. The van der Waals surface area contributed by atoms with Gasteiger partial charge in [-0.3, -0.25) is 4.90 Å². The number of β-amino-alcohol motifs (C(OH)–C–C–N with tert-alkyl or cyclic N) is 1. The van der Waals surface area contributed by atoms with Gasteiger partial charge in [-0.05, 0) is 66.6 Å². The maximum atomic E-state index is 10.6. The van der Waals surface area contributed by atoms with Crippen molar-refractivity contribution in [3.8, 4) is 29.5 Å². The van der Waals surface area contributed by atoms with Gasteiger partial charge < -0.3 is 29.1 Å². The molecular formula is C30H38N6O4. The van der Waals surface area contributed by atoms with E-state index in [0.29, 0.717) is 53.7 Å². The number of likely N-dealkylation sites (tertiary alicyclic amines) is 2. The Hall–Kier alpha value is -3.99. The number of aliphatic hydroxyl groups is 1. The van der Waals surface area contributed by atoms with E-state index in [1.54, 1.807) is 38.5 Å². The van der Waals surface area contributed by atoms with Crippen molar-refractivity contribution >= 4 is 5.96 Å². The Balaban J connectivity index is 1.28. The summed E-state index contributed by atoms with van der Waals surface area (Å²) in [6.45, 7) is 4.88. The molecule has 4 rings (SSSR count). The number of ether oxygens (including phenoxy) is 3. The van der Waals surface area contributed by atoms with Crippen LogP contribution in [0.25, 0.3) is 0 Å². The molecule has 1 N–H and O–H groups in total. The van der Waals surface area contributed by atoms with Gasteiger partial charge in [0.05, 0.1) is 25.9 Å². The molecule has 0 radical (unpaired) electrons. The highest BCUT2D eigenvalue weighted by molar-refractivity contribution is 5.81. The van der Waals surface area contributed by atoms with Gasteiger partial charge in [0.1, 0.15) is 18.5 Å². The molecule has 2 aliphatic rings. The molecule has 10 nitrogen and oxygen atoms in total. The third-order valence-electron chi connectivity index (χ3n) is 7.51. The standard InChI is InChI=1S/C30H38N6O4/c1-34(11-10-22-6-9-28(38-2)29(13-22)39-3)30(33-21-32)36-17-24-12-25(18-36)16-35(15-24)19-26(37)20-40-27-7-4-23(14-31)5-8-27/h4-9,13,24-26,37H,10-12,15-20H2,1-3H3/b33-30+. The number of likely N-dealkylation sites (N-methyl/N-ethyl adjacent to an activating group) is 1. The number of nitrogens with zero attached hydrogens (tertiary/aromatic N) is 6. The van der Waals surface area contributed by atoms with E-state index in [1.165, 1.54) is 0 Å². The van der Waals surface area contributed by atoms with E-state index in [-0.39, 0.29) is 6.61 Å². The summed E-state index contributed by atoms with van der Waals surface area (Å²) in [4.78, 5) is 10.9. The van der Waals surface area contributed by atoms with Crippen molar-refractivity contribution in [2.45, 2.75) is 18.9 Å². The number of benzene rings is 2. The summed E-state index contributed by atoms with van der Waals surface area (Å²) in [5.41, 5.74) is 1.70. The van der Waals surface area contributed by atoms with Crippen LogP contribution in [-0.2, 0) is 6.42 Å². The molecule has 0 saturated carbocycles. The Bertz CT molecular complexity index is 1220. The molecule has 0 aromatic heterocycles. The lowest BCUT2D eigenvalue weighted by Gasteiger charge is -2.47. The van der Waals surface area contributed by atoms with Crippen molar-refractivity contribution in [2.24, 2.45) is 16.8 Å². The quantitative estimate of drug-likeness (QED) is 0.273. The normalized spacial score (nSPS) is 19.8. The van der Waals surface area contributed by atoms with Crippen LogP contribution in [0.5, 0.6) is 17.2 Å². The average molecular weight is 547 g/mol. The van der Waals surface area contributed by atoms with Gasteiger partial charge in [-0.1, -0.05) is 6.07 Å². The summed E-state index contributed by atoms with van der Waals surface area (Å²) in [5.74, 6) is 3.62. The smallest absolute Gasteiger partial charge is 0.212 e. The number of aliphatic imine (C=N–C) groups is 1. The van der Waals surface area contributed by atoms with Gasteiger partial charge in [0, 0.05) is 46.3 Å². The first-order chi connectivity index (χ1) is 19.4. The van der Waals surface area contributed by atoms with Crippen LogP contribution in [0.4, 0.5) is 0 Å². The number of aliphatic hydroxyl groups excluding tert-OH is 1. The molecule has 2 bridgehead atoms. The molecular weight excluding hydrogens is 508 g/mol. The predicted molar refractivity (Wildman–Crippen MR) is 151 cm³/mol. The molecule has 3 unspecified atom stereocenters. The first-order valence-corrected chi connectivity index (χ1v) is 13.6. The molecule has 0 aliphatic carbocycles. The summed E-state index contributed by atoms with van der Waals surface area (Å²) in [5, 5.41) is 29.0. The maximum absolute atomic E-state index is 10.6. The Morgan fingerprint density at radius 1 is 1.05 bits per heavy atom. The Kier molecular flexibility index (Phi) is 10.1. The topological polar surface area (TPSA) is 118 Å². The van der Waals surface area contributed by atoms with Crippen LogP contribution in [0.3, 0.4) is 0 Å². The van der Waals surface area contributed by atoms with Crippen LogP contribution in [0.2, 0.25) is 0 Å². The summed E-state index contributed by atoms with van der Waals surface area (Å²) < 4.78 is 16.5. The fourth-order valence-corrected chi connectivity index (χ4v) is 5.74. The fourth-order valence-electron chi connectivity index (χ4n) is 5.74. The van der Waals surface area contributed by atoms with Crippen molar-refractivity contribution in [3.05, 3.63) is 53.6 Å². The second-order valence-electron chi connectivity index (χ2n) is 10.6. The minimum Gasteiger partial charge on any atom is -0.493 e. The van der Waals surface area contributed by atoms with E-state index in [9.17, 15) is 10.4 Å². The molecule has 3 atom stereocenters. The monoisotopic (exact) mass is 546 g/mol. The SMILES string of the molecule is COc1ccc(CCN(C)/C(=N\C#N)N2CC3CC(CN(CC(O)COc4ccc(C#N)cc4)C3)C2)cc1OC. The Morgan fingerprint density at radius 3 is 2.38 bits per heavy atom. The number of nitriles is 2. The summed E-state index contributed by atoms with van der Waals surface area (Å²) in [7, 11) is 5.24. The third kappa shape index (κ3) is 7.56. The lowest BCUT2D eigenvalue weighted by atomic mass is 9.84. The minimum atomic E-state index is -0.607. The lowest BCUT2D eigenvalue weighted by Crippen LogP contribution is -2.57. The van der Waals surface area contributed by atoms with Gasteiger partial charge >= 0.3 is 0 Å². The zero-order valence-corrected chi connectivity index (χ0v) is 23.5. The van der Waals surface area contributed by atoms with Crippen molar-refractivity contribution in [1.82, 2.24) is 14.7 Å². The van der Waals surface area contributed by atoms with Gasteiger partial charge in [-0.15, -0.1) is 4.99 Å². The van der Waals surface area contributed by atoms with E-state index in [2.05, 4.69) is 25.8 Å². The first kappa shape index (κ1) is 29.0. The lowest BCUT2D eigenvalue weighted by molar-refractivity contribution is 0.0127. The molecule has 40 heavy (non-hydrogen) atoms. The second kappa shape index (κ2) is 13.9. The second-order valence-corrected chi connectivity index (χ2v) is 10.6. The number of piperidine rings is 2. The van der Waals surface area contributed by atoms with Gasteiger partial charge in [0.15, 0.2) is 11.5 Å². The molecule has 2 aliphatic heterocycles. The van der Waals surface area contributed by atoms with Crippen LogP contribution in [0.1, 0.15) is 17.5 Å². The van der Waals surface area contributed by atoms with Crippen LogP contribution >= 0.6 is 0 Å². The highest BCUT2D eigenvalue weighted by Crippen LogP contribution is 2.30. The number of fused-ring (bicyclic) bond motifs is 2. The van der Waals surface area contributed by atoms with E-state index in [0.717, 1.165) is 44.6 Å². The average Bonchev–Trinajstić information content (AvgIpc) is 2.97. The number of rotatable bonds is 10. The van der Waals surface area contributed by atoms with E-state index in [4.69, 9.17) is 19.5 Å².